The van der Waals surface area contributed by atoms with Crippen LogP contribution < -0.4 is 11.3 Å². The van der Waals surface area contributed by atoms with E-state index in [0.29, 0.717) is 23.2 Å². The summed E-state index contributed by atoms with van der Waals surface area (Å²) in [5.74, 6) is 7.23. The highest BCUT2D eigenvalue weighted by Gasteiger charge is 2.26. The SMILES string of the molecule is CCCc1cc(C(=O)N2CC(C)CC(C)C2)cc(NN)n1. The van der Waals surface area contributed by atoms with Crippen LogP contribution in [0.15, 0.2) is 12.1 Å². The van der Waals surface area contributed by atoms with Crippen molar-refractivity contribution >= 4 is 11.7 Å². The lowest BCUT2D eigenvalue weighted by Gasteiger charge is -2.35. The van der Waals surface area contributed by atoms with Gasteiger partial charge in [-0.2, -0.15) is 0 Å². The lowest BCUT2D eigenvalue weighted by Crippen LogP contribution is -2.42. The minimum absolute atomic E-state index is 0.0876. The number of nitrogens with two attached hydrogens (primary N) is 1. The van der Waals surface area contributed by atoms with Gasteiger partial charge in [-0.1, -0.05) is 27.2 Å². The summed E-state index contributed by atoms with van der Waals surface area (Å²) in [6, 6.07) is 3.64. The van der Waals surface area contributed by atoms with Gasteiger partial charge in [0, 0.05) is 24.3 Å². The Kier molecular flexibility index (Phi) is 5.17. The molecule has 0 aliphatic carbocycles. The van der Waals surface area contributed by atoms with E-state index in [1.807, 2.05) is 11.0 Å². The largest absolute Gasteiger partial charge is 0.338 e. The zero-order valence-corrected chi connectivity index (χ0v) is 13.2. The Bertz CT molecular complexity index is 493. The Labute approximate surface area is 126 Å². The predicted molar refractivity (Wildman–Crippen MR) is 84.9 cm³/mol. The molecule has 2 unspecified atom stereocenters. The fourth-order valence-electron chi connectivity index (χ4n) is 3.18. The zero-order valence-electron chi connectivity index (χ0n) is 13.2. The lowest BCUT2D eigenvalue weighted by atomic mass is 9.91. The number of piperidine rings is 1. The number of amides is 1. The molecule has 1 fully saturated rings. The second kappa shape index (κ2) is 6.89. The van der Waals surface area contributed by atoms with Crippen molar-refractivity contribution in [2.45, 2.75) is 40.0 Å². The molecule has 1 aliphatic rings. The van der Waals surface area contributed by atoms with Gasteiger partial charge in [0.15, 0.2) is 0 Å². The van der Waals surface area contributed by atoms with Crippen LogP contribution in [0.5, 0.6) is 0 Å². The summed E-state index contributed by atoms with van der Waals surface area (Å²) in [5.41, 5.74) is 4.15. The number of rotatable bonds is 4. The first kappa shape index (κ1) is 15.8. The van der Waals surface area contributed by atoms with Crippen molar-refractivity contribution in [3.8, 4) is 0 Å². The average Bonchev–Trinajstić information content (AvgIpc) is 2.45. The first-order chi connectivity index (χ1) is 10.0. The Morgan fingerprint density at radius 2 is 2.05 bits per heavy atom. The van der Waals surface area contributed by atoms with Crippen LogP contribution in [0.4, 0.5) is 5.82 Å². The molecule has 0 saturated carbocycles. The summed E-state index contributed by atoms with van der Waals surface area (Å²) in [6.07, 6.45) is 3.03. The second-order valence-corrected chi connectivity index (χ2v) is 6.28. The molecule has 1 aromatic rings. The highest BCUT2D eigenvalue weighted by molar-refractivity contribution is 5.95. The monoisotopic (exact) mass is 290 g/mol. The maximum atomic E-state index is 12.7. The van der Waals surface area contributed by atoms with Crippen molar-refractivity contribution < 1.29 is 4.79 Å². The van der Waals surface area contributed by atoms with E-state index in [1.165, 1.54) is 6.42 Å². The number of carbonyl (C=O) groups excluding carboxylic acids is 1. The molecule has 0 spiro atoms. The van der Waals surface area contributed by atoms with Crippen LogP contribution in [0.2, 0.25) is 0 Å². The number of likely N-dealkylation sites (tertiary alicyclic amines) is 1. The molecule has 2 atom stereocenters. The van der Waals surface area contributed by atoms with Crippen LogP contribution in [-0.2, 0) is 6.42 Å². The van der Waals surface area contributed by atoms with E-state index in [0.717, 1.165) is 31.6 Å². The molecule has 5 heteroatoms. The van der Waals surface area contributed by atoms with Gasteiger partial charge in [0.1, 0.15) is 5.82 Å². The molecule has 0 aromatic carbocycles. The normalized spacial score (nSPS) is 22.2. The van der Waals surface area contributed by atoms with E-state index < -0.39 is 0 Å². The third-order valence-corrected chi connectivity index (χ3v) is 3.94. The number of nitrogens with zero attached hydrogens (tertiary/aromatic N) is 2. The van der Waals surface area contributed by atoms with Gasteiger partial charge in [0.05, 0.1) is 0 Å². The molecular formula is C16H26N4O. The van der Waals surface area contributed by atoms with E-state index in [4.69, 9.17) is 5.84 Å². The average molecular weight is 290 g/mol. The molecule has 5 nitrogen and oxygen atoms in total. The van der Waals surface area contributed by atoms with Crippen molar-refractivity contribution in [3.63, 3.8) is 0 Å². The van der Waals surface area contributed by atoms with Crippen molar-refractivity contribution in [2.24, 2.45) is 17.7 Å². The molecule has 0 bridgehead atoms. The van der Waals surface area contributed by atoms with E-state index >= 15 is 0 Å². The number of hydrogen-bond donors (Lipinski definition) is 2. The van der Waals surface area contributed by atoms with Gasteiger partial charge in [0.2, 0.25) is 0 Å². The van der Waals surface area contributed by atoms with Crippen LogP contribution in [0, 0.1) is 11.8 Å². The number of pyridine rings is 1. The summed E-state index contributed by atoms with van der Waals surface area (Å²) < 4.78 is 0. The first-order valence-corrected chi connectivity index (χ1v) is 7.80. The molecule has 116 valence electrons. The minimum Gasteiger partial charge on any atom is -0.338 e. The van der Waals surface area contributed by atoms with Crippen molar-refractivity contribution in [1.82, 2.24) is 9.88 Å². The molecule has 3 N–H and O–H groups in total. The molecule has 1 amide bonds. The predicted octanol–water partition coefficient (Wildman–Crippen LogP) is 2.44. The number of nitrogens with one attached hydrogen (secondary N) is 1. The number of aryl methyl sites for hydroxylation is 1. The van der Waals surface area contributed by atoms with Gasteiger partial charge in [-0.3, -0.25) is 4.79 Å². The van der Waals surface area contributed by atoms with Gasteiger partial charge in [-0.05, 0) is 36.8 Å². The molecule has 2 heterocycles. The summed E-state index contributed by atoms with van der Waals surface area (Å²) >= 11 is 0. The van der Waals surface area contributed by atoms with E-state index in [1.54, 1.807) is 6.07 Å². The maximum Gasteiger partial charge on any atom is 0.254 e. The number of hydrazine groups is 1. The van der Waals surface area contributed by atoms with E-state index in [-0.39, 0.29) is 5.91 Å². The quantitative estimate of drug-likeness (QED) is 0.660. The van der Waals surface area contributed by atoms with Gasteiger partial charge < -0.3 is 10.3 Å². The molecule has 2 rings (SSSR count). The number of anilines is 1. The third-order valence-electron chi connectivity index (χ3n) is 3.94. The zero-order chi connectivity index (χ0) is 15.4. The fraction of sp³-hybridized carbons (Fsp3) is 0.625. The topological polar surface area (TPSA) is 71.2 Å². The fourth-order valence-corrected chi connectivity index (χ4v) is 3.18. The molecule has 1 saturated heterocycles. The number of nitrogen functional groups attached to an aromatic ring is 1. The Morgan fingerprint density at radius 1 is 1.38 bits per heavy atom. The third kappa shape index (κ3) is 3.94. The van der Waals surface area contributed by atoms with Crippen LogP contribution in [0.1, 0.15) is 49.7 Å². The molecular weight excluding hydrogens is 264 g/mol. The summed E-state index contributed by atoms with van der Waals surface area (Å²) in [4.78, 5) is 19.1. The van der Waals surface area contributed by atoms with Crippen molar-refractivity contribution in [3.05, 3.63) is 23.4 Å². The lowest BCUT2D eigenvalue weighted by molar-refractivity contribution is 0.0623. The smallest absolute Gasteiger partial charge is 0.254 e. The van der Waals surface area contributed by atoms with E-state index in [2.05, 4.69) is 31.2 Å². The van der Waals surface area contributed by atoms with Gasteiger partial charge in [-0.15, -0.1) is 0 Å². The second-order valence-electron chi connectivity index (χ2n) is 6.28. The highest BCUT2D eigenvalue weighted by atomic mass is 16.2. The Hall–Kier alpha value is -1.62. The van der Waals surface area contributed by atoms with Crippen LogP contribution in [-0.4, -0.2) is 28.9 Å². The molecule has 21 heavy (non-hydrogen) atoms. The Morgan fingerprint density at radius 3 is 2.62 bits per heavy atom. The maximum absolute atomic E-state index is 12.7. The first-order valence-electron chi connectivity index (χ1n) is 7.80. The van der Waals surface area contributed by atoms with Gasteiger partial charge in [-0.25, -0.2) is 10.8 Å². The number of hydrogen-bond acceptors (Lipinski definition) is 4. The molecule has 0 radical (unpaired) electrons. The van der Waals surface area contributed by atoms with Crippen molar-refractivity contribution in [1.29, 1.82) is 0 Å². The number of carbonyl (C=O) groups is 1. The Balaban J connectivity index is 2.23. The molecule has 1 aliphatic heterocycles. The van der Waals surface area contributed by atoms with Crippen LogP contribution in [0.25, 0.3) is 0 Å². The van der Waals surface area contributed by atoms with Gasteiger partial charge >= 0.3 is 0 Å². The number of aromatic nitrogens is 1. The minimum atomic E-state index is 0.0876. The standard InChI is InChI=1S/C16H26N4O/c1-4-5-14-7-13(8-15(18-14)19-17)16(21)20-9-11(2)6-12(3)10-20/h7-8,11-12H,4-6,9-10,17H2,1-3H3,(H,18,19). The van der Waals surface area contributed by atoms with E-state index in [9.17, 15) is 4.79 Å². The van der Waals surface area contributed by atoms with Crippen LogP contribution in [0.3, 0.4) is 0 Å². The summed E-state index contributed by atoms with van der Waals surface area (Å²) in [5, 5.41) is 0. The van der Waals surface area contributed by atoms with Crippen LogP contribution >= 0.6 is 0 Å². The highest BCUT2D eigenvalue weighted by Crippen LogP contribution is 2.23. The van der Waals surface area contributed by atoms with Gasteiger partial charge in [0.25, 0.3) is 5.91 Å². The molecule has 1 aromatic heterocycles. The summed E-state index contributed by atoms with van der Waals surface area (Å²) in [6.45, 7) is 8.18. The van der Waals surface area contributed by atoms with Crippen molar-refractivity contribution in [2.75, 3.05) is 18.5 Å². The summed E-state index contributed by atoms with van der Waals surface area (Å²) in [7, 11) is 0.